The van der Waals surface area contributed by atoms with Gasteiger partial charge >= 0.3 is 0 Å². The Bertz CT molecular complexity index is 443. The highest BCUT2D eigenvalue weighted by Crippen LogP contribution is 2.27. The summed E-state index contributed by atoms with van der Waals surface area (Å²) in [6, 6.07) is 8.21. The van der Waals surface area contributed by atoms with Crippen LogP contribution in [0, 0.1) is 0 Å². The smallest absolute Gasteiger partial charge is 0.223 e. The van der Waals surface area contributed by atoms with Gasteiger partial charge in [0.15, 0.2) is 0 Å². The summed E-state index contributed by atoms with van der Waals surface area (Å²) >= 11 is 5.56. The first kappa shape index (κ1) is 17.8. The van der Waals surface area contributed by atoms with Crippen molar-refractivity contribution in [2.24, 2.45) is 0 Å². The van der Waals surface area contributed by atoms with Crippen LogP contribution >= 0.6 is 11.6 Å². The highest BCUT2D eigenvalue weighted by Gasteiger charge is 2.17. The summed E-state index contributed by atoms with van der Waals surface area (Å²) in [6.45, 7) is 7.72. The maximum atomic E-state index is 11.6. The molecule has 0 spiro atoms. The molecular weight excluding hydrogens is 286 g/mol. The van der Waals surface area contributed by atoms with Crippen LogP contribution in [0.1, 0.15) is 39.2 Å². The molecule has 1 aromatic rings. The van der Waals surface area contributed by atoms with Gasteiger partial charge in [-0.2, -0.15) is 0 Å². The molecule has 0 bridgehead atoms. The summed E-state index contributed by atoms with van der Waals surface area (Å²) in [7, 11) is 1.77. The molecule has 0 N–H and O–H groups in total. The fraction of sp³-hybridized carbons (Fsp3) is 0.588. The van der Waals surface area contributed by atoms with Gasteiger partial charge in [0.05, 0.1) is 6.54 Å². The monoisotopic (exact) mass is 311 g/mol. The molecule has 0 heterocycles. The quantitative estimate of drug-likeness (QED) is 0.683. The first-order valence-electron chi connectivity index (χ1n) is 7.44. The fourth-order valence-electron chi connectivity index (χ4n) is 1.90. The zero-order valence-corrected chi connectivity index (χ0v) is 14.2. The number of likely N-dealkylation sites (N-methyl/N-ethyl adjacent to an activating group) is 1. The van der Waals surface area contributed by atoms with E-state index in [0.29, 0.717) is 25.5 Å². The molecule has 0 unspecified atom stereocenters. The van der Waals surface area contributed by atoms with Crippen LogP contribution in [-0.4, -0.2) is 36.9 Å². The molecule has 4 heteroatoms. The second-order valence-electron chi connectivity index (χ2n) is 5.86. The number of benzene rings is 1. The van der Waals surface area contributed by atoms with Crippen molar-refractivity contribution in [3.05, 3.63) is 29.8 Å². The Labute approximate surface area is 133 Å². The minimum Gasteiger partial charge on any atom is -0.492 e. The third-order valence-corrected chi connectivity index (χ3v) is 4.14. The van der Waals surface area contributed by atoms with Crippen LogP contribution in [-0.2, 0) is 10.2 Å². The number of carbonyl (C=O) groups excluding carboxylic acids is 1. The lowest BCUT2D eigenvalue weighted by molar-refractivity contribution is -0.129. The molecule has 1 aromatic carbocycles. The van der Waals surface area contributed by atoms with Crippen molar-refractivity contribution in [1.82, 2.24) is 4.90 Å². The number of alkyl halides is 1. The lowest BCUT2D eigenvalue weighted by Crippen LogP contribution is -2.30. The number of carbonyl (C=O) groups is 1. The Kier molecular flexibility index (Phi) is 7.03. The van der Waals surface area contributed by atoms with Crippen molar-refractivity contribution in [2.45, 2.75) is 39.0 Å². The Morgan fingerprint density at radius 1 is 1.29 bits per heavy atom. The van der Waals surface area contributed by atoms with Crippen molar-refractivity contribution >= 4 is 17.5 Å². The Morgan fingerprint density at radius 3 is 2.43 bits per heavy atom. The average molecular weight is 312 g/mol. The standard InChI is InChI=1S/C17H26ClNO2/c1-5-17(2,3)14-6-8-15(9-7-14)21-13-12-19(4)16(20)10-11-18/h6-9H,5,10-13H2,1-4H3. The molecule has 118 valence electrons. The van der Waals surface area contributed by atoms with E-state index in [2.05, 4.69) is 32.9 Å². The first-order valence-corrected chi connectivity index (χ1v) is 7.97. The second-order valence-corrected chi connectivity index (χ2v) is 6.24. The van der Waals surface area contributed by atoms with E-state index in [0.717, 1.165) is 12.2 Å². The molecule has 0 atom stereocenters. The molecule has 21 heavy (non-hydrogen) atoms. The molecule has 1 rings (SSSR count). The van der Waals surface area contributed by atoms with Gasteiger partial charge < -0.3 is 9.64 Å². The van der Waals surface area contributed by atoms with Crippen LogP contribution in [0.3, 0.4) is 0 Å². The van der Waals surface area contributed by atoms with Crippen molar-refractivity contribution in [3.8, 4) is 5.75 Å². The second kappa shape index (κ2) is 8.28. The predicted molar refractivity (Wildman–Crippen MR) is 88.2 cm³/mol. The van der Waals surface area contributed by atoms with E-state index in [4.69, 9.17) is 16.3 Å². The highest BCUT2D eigenvalue weighted by molar-refractivity contribution is 6.18. The van der Waals surface area contributed by atoms with Gasteiger partial charge in [-0.3, -0.25) is 4.79 Å². The number of hydrogen-bond donors (Lipinski definition) is 0. The largest absolute Gasteiger partial charge is 0.492 e. The Hall–Kier alpha value is -1.22. The topological polar surface area (TPSA) is 29.5 Å². The number of nitrogens with zero attached hydrogens (tertiary/aromatic N) is 1. The third kappa shape index (κ3) is 5.58. The van der Waals surface area contributed by atoms with Crippen molar-refractivity contribution in [2.75, 3.05) is 26.1 Å². The summed E-state index contributed by atoms with van der Waals surface area (Å²) in [6.07, 6.45) is 1.47. The van der Waals surface area contributed by atoms with E-state index in [1.165, 1.54) is 5.56 Å². The van der Waals surface area contributed by atoms with Crippen LogP contribution in [0.15, 0.2) is 24.3 Å². The van der Waals surface area contributed by atoms with Crippen molar-refractivity contribution in [1.29, 1.82) is 0 Å². The maximum absolute atomic E-state index is 11.6. The van der Waals surface area contributed by atoms with Crippen LogP contribution in [0.25, 0.3) is 0 Å². The maximum Gasteiger partial charge on any atom is 0.223 e. The van der Waals surface area contributed by atoms with E-state index in [9.17, 15) is 4.79 Å². The summed E-state index contributed by atoms with van der Waals surface area (Å²) in [5, 5.41) is 0. The van der Waals surface area contributed by atoms with Crippen molar-refractivity contribution in [3.63, 3.8) is 0 Å². The molecule has 0 fully saturated rings. The van der Waals surface area contributed by atoms with E-state index >= 15 is 0 Å². The van der Waals surface area contributed by atoms with Gasteiger partial charge in [0.1, 0.15) is 12.4 Å². The van der Waals surface area contributed by atoms with Crippen LogP contribution in [0.2, 0.25) is 0 Å². The summed E-state index contributed by atoms with van der Waals surface area (Å²) in [5.74, 6) is 1.25. The minimum absolute atomic E-state index is 0.0497. The molecular formula is C17H26ClNO2. The van der Waals surface area contributed by atoms with Gasteiger partial charge in [-0.15, -0.1) is 11.6 Å². The first-order chi connectivity index (χ1) is 9.90. The third-order valence-electron chi connectivity index (χ3n) is 3.95. The number of hydrogen-bond acceptors (Lipinski definition) is 2. The van der Waals surface area contributed by atoms with E-state index < -0.39 is 0 Å². The highest BCUT2D eigenvalue weighted by atomic mass is 35.5. The average Bonchev–Trinajstić information content (AvgIpc) is 2.48. The van der Waals surface area contributed by atoms with Crippen LogP contribution < -0.4 is 4.74 Å². The van der Waals surface area contributed by atoms with Gasteiger partial charge in [0, 0.05) is 19.3 Å². The number of halogens is 1. The Morgan fingerprint density at radius 2 is 1.90 bits per heavy atom. The number of amides is 1. The molecule has 0 aliphatic rings. The molecule has 1 amide bonds. The van der Waals surface area contributed by atoms with Gasteiger partial charge in [-0.1, -0.05) is 32.9 Å². The van der Waals surface area contributed by atoms with E-state index in [1.807, 2.05) is 12.1 Å². The zero-order valence-electron chi connectivity index (χ0n) is 13.5. The minimum atomic E-state index is 0.0497. The molecule has 0 aliphatic carbocycles. The number of rotatable bonds is 8. The molecule has 0 radical (unpaired) electrons. The fourth-order valence-corrected chi connectivity index (χ4v) is 2.06. The lowest BCUT2D eigenvalue weighted by atomic mass is 9.82. The molecule has 0 aromatic heterocycles. The Balaban J connectivity index is 2.45. The number of ether oxygens (including phenoxy) is 1. The normalized spacial score (nSPS) is 11.3. The summed E-state index contributed by atoms with van der Waals surface area (Å²) in [4.78, 5) is 13.2. The van der Waals surface area contributed by atoms with Crippen LogP contribution in [0.4, 0.5) is 0 Å². The predicted octanol–water partition coefficient (Wildman–Crippen LogP) is 3.84. The van der Waals surface area contributed by atoms with E-state index in [1.54, 1.807) is 11.9 Å². The van der Waals surface area contributed by atoms with Gasteiger partial charge in [0.2, 0.25) is 5.91 Å². The van der Waals surface area contributed by atoms with Gasteiger partial charge in [-0.05, 0) is 29.5 Å². The molecule has 0 aliphatic heterocycles. The van der Waals surface area contributed by atoms with Gasteiger partial charge in [0.25, 0.3) is 0 Å². The molecule has 3 nitrogen and oxygen atoms in total. The van der Waals surface area contributed by atoms with Gasteiger partial charge in [-0.25, -0.2) is 0 Å². The zero-order chi connectivity index (χ0) is 15.9. The SMILES string of the molecule is CCC(C)(C)c1ccc(OCCN(C)C(=O)CCCl)cc1. The summed E-state index contributed by atoms with van der Waals surface area (Å²) < 4.78 is 5.68. The van der Waals surface area contributed by atoms with Crippen LogP contribution in [0.5, 0.6) is 5.75 Å². The summed E-state index contributed by atoms with van der Waals surface area (Å²) in [5.41, 5.74) is 1.50. The molecule has 0 saturated heterocycles. The molecule has 0 saturated carbocycles. The van der Waals surface area contributed by atoms with E-state index in [-0.39, 0.29) is 11.3 Å². The van der Waals surface area contributed by atoms with Crippen molar-refractivity contribution < 1.29 is 9.53 Å². The lowest BCUT2D eigenvalue weighted by Gasteiger charge is -2.23.